The van der Waals surface area contributed by atoms with Crippen LogP contribution in [-0.4, -0.2) is 43.7 Å². The molecule has 142 valence electrons. The predicted molar refractivity (Wildman–Crippen MR) is 106 cm³/mol. The lowest BCUT2D eigenvalue weighted by Gasteiger charge is -2.43. The lowest BCUT2D eigenvalue weighted by Crippen LogP contribution is -2.54. The first-order chi connectivity index (χ1) is 13.2. The number of para-hydroxylation sites is 1. The Hall–Kier alpha value is -2.56. The summed E-state index contributed by atoms with van der Waals surface area (Å²) in [6.45, 7) is 3.21. The maximum atomic E-state index is 14.0. The van der Waals surface area contributed by atoms with Crippen LogP contribution in [0.25, 0.3) is 0 Å². The fourth-order valence-electron chi connectivity index (χ4n) is 4.18. The second kappa shape index (κ2) is 7.59. The maximum Gasteiger partial charge on any atom is 0.317 e. The van der Waals surface area contributed by atoms with Gasteiger partial charge in [0.2, 0.25) is 0 Å². The number of nitrogens with zero attached hydrogens (tertiary/aromatic N) is 2. The summed E-state index contributed by atoms with van der Waals surface area (Å²) in [6, 6.07) is 17.3. The average Bonchev–Trinajstić information content (AvgIpc) is 2.68. The molecule has 27 heavy (non-hydrogen) atoms. The molecule has 2 fully saturated rings. The largest absolute Gasteiger partial charge is 0.366 e. The number of anilines is 1. The number of halogens is 1. The Bertz CT molecular complexity index is 783. The Morgan fingerprint density at radius 2 is 1.63 bits per heavy atom. The van der Waals surface area contributed by atoms with Gasteiger partial charge in [0.05, 0.1) is 5.69 Å². The van der Waals surface area contributed by atoms with Gasteiger partial charge in [-0.1, -0.05) is 48.9 Å². The molecule has 1 aliphatic carbocycles. The molecule has 4 nitrogen and oxygen atoms in total. The summed E-state index contributed by atoms with van der Waals surface area (Å²) in [7, 11) is 0. The van der Waals surface area contributed by atoms with Crippen molar-refractivity contribution in [1.29, 1.82) is 0 Å². The van der Waals surface area contributed by atoms with Crippen LogP contribution >= 0.6 is 0 Å². The van der Waals surface area contributed by atoms with Crippen LogP contribution in [0.15, 0.2) is 54.6 Å². The molecule has 1 aliphatic heterocycles. The molecule has 2 aliphatic rings. The molecule has 0 unspecified atom stereocenters. The summed E-state index contributed by atoms with van der Waals surface area (Å²) in [4.78, 5) is 16.5. The number of rotatable bonds is 4. The number of carbonyl (C=O) groups is 1. The lowest BCUT2D eigenvalue weighted by molar-refractivity contribution is 0.180. The van der Waals surface area contributed by atoms with E-state index in [-0.39, 0.29) is 17.3 Å². The molecule has 0 atom stereocenters. The summed E-state index contributed by atoms with van der Waals surface area (Å²) in [5, 5.41) is 3.15. The molecular weight excluding hydrogens is 341 g/mol. The molecule has 0 spiro atoms. The molecule has 1 saturated carbocycles. The molecule has 1 N–H and O–H groups in total. The van der Waals surface area contributed by atoms with Crippen LogP contribution in [0.2, 0.25) is 0 Å². The average molecular weight is 367 g/mol. The molecule has 1 saturated heterocycles. The first-order valence-electron chi connectivity index (χ1n) is 9.76. The third-order valence-electron chi connectivity index (χ3n) is 6.03. The van der Waals surface area contributed by atoms with Crippen molar-refractivity contribution >= 4 is 11.7 Å². The highest BCUT2D eigenvalue weighted by molar-refractivity contribution is 5.74. The minimum absolute atomic E-state index is 0.00890. The number of carbonyl (C=O) groups excluding carboxylic acids is 1. The first kappa shape index (κ1) is 17.8. The van der Waals surface area contributed by atoms with E-state index in [1.165, 1.54) is 18.1 Å². The van der Waals surface area contributed by atoms with Crippen molar-refractivity contribution in [2.24, 2.45) is 0 Å². The van der Waals surface area contributed by atoms with E-state index in [1.807, 2.05) is 21.9 Å². The van der Waals surface area contributed by atoms with E-state index in [2.05, 4.69) is 29.6 Å². The summed E-state index contributed by atoms with van der Waals surface area (Å²) >= 11 is 0. The van der Waals surface area contributed by atoms with Crippen LogP contribution in [0.4, 0.5) is 14.9 Å². The Kier molecular flexibility index (Phi) is 5.01. The molecule has 1 heterocycles. The highest BCUT2D eigenvalue weighted by Gasteiger charge is 2.39. The second-order valence-electron chi connectivity index (χ2n) is 7.58. The predicted octanol–water partition coefficient (Wildman–Crippen LogP) is 3.78. The molecular formula is C22H26FN3O. The van der Waals surface area contributed by atoms with Crippen LogP contribution in [0.1, 0.15) is 24.8 Å². The highest BCUT2D eigenvalue weighted by Crippen LogP contribution is 2.43. The van der Waals surface area contributed by atoms with Crippen molar-refractivity contribution < 1.29 is 9.18 Å². The van der Waals surface area contributed by atoms with Gasteiger partial charge < -0.3 is 15.1 Å². The fraction of sp³-hybridized carbons (Fsp3) is 0.409. The Labute approximate surface area is 160 Å². The Morgan fingerprint density at radius 3 is 2.26 bits per heavy atom. The highest BCUT2D eigenvalue weighted by atomic mass is 19.1. The van der Waals surface area contributed by atoms with E-state index in [0.717, 1.165) is 12.8 Å². The summed E-state index contributed by atoms with van der Waals surface area (Å²) in [5.74, 6) is -0.204. The minimum atomic E-state index is -0.204. The Balaban J connectivity index is 1.32. The first-order valence-corrected chi connectivity index (χ1v) is 9.76. The second-order valence-corrected chi connectivity index (χ2v) is 7.58. The van der Waals surface area contributed by atoms with Crippen molar-refractivity contribution in [2.45, 2.75) is 24.7 Å². The lowest BCUT2D eigenvalue weighted by atomic mass is 9.64. The monoisotopic (exact) mass is 367 g/mol. The molecule has 2 aromatic rings. The summed E-state index contributed by atoms with van der Waals surface area (Å²) < 4.78 is 14.0. The number of benzene rings is 2. The molecule has 2 aromatic carbocycles. The standard InChI is InChI=1S/C22H26FN3O/c23-19-9-4-5-10-20(19)25-13-15-26(16-14-25)21(27)24-17-22(11-6-12-22)18-7-2-1-3-8-18/h1-5,7-10H,6,11-17H2,(H,24,27). The number of urea groups is 1. The van der Waals surface area contributed by atoms with Gasteiger partial charge in [-0.3, -0.25) is 0 Å². The number of piperazine rings is 1. The van der Waals surface area contributed by atoms with Gasteiger partial charge in [0.15, 0.2) is 0 Å². The fourth-order valence-corrected chi connectivity index (χ4v) is 4.18. The summed E-state index contributed by atoms with van der Waals surface area (Å²) in [5.41, 5.74) is 2.03. The van der Waals surface area contributed by atoms with Crippen molar-refractivity contribution in [1.82, 2.24) is 10.2 Å². The van der Waals surface area contributed by atoms with Gasteiger partial charge in [-0.05, 0) is 30.5 Å². The van der Waals surface area contributed by atoms with Gasteiger partial charge in [0, 0.05) is 38.1 Å². The van der Waals surface area contributed by atoms with Crippen molar-refractivity contribution in [3.63, 3.8) is 0 Å². The van der Waals surface area contributed by atoms with Crippen LogP contribution in [0, 0.1) is 5.82 Å². The number of amides is 2. The van der Waals surface area contributed by atoms with Gasteiger partial charge >= 0.3 is 6.03 Å². The molecule has 0 radical (unpaired) electrons. The number of hydrogen-bond acceptors (Lipinski definition) is 2. The third kappa shape index (κ3) is 3.64. The SMILES string of the molecule is O=C(NCC1(c2ccccc2)CCC1)N1CCN(c2ccccc2F)CC1. The van der Waals surface area contributed by atoms with E-state index in [4.69, 9.17) is 0 Å². The van der Waals surface area contributed by atoms with Crippen molar-refractivity contribution in [2.75, 3.05) is 37.6 Å². The van der Waals surface area contributed by atoms with Crippen LogP contribution in [-0.2, 0) is 5.41 Å². The van der Waals surface area contributed by atoms with E-state index < -0.39 is 0 Å². The molecule has 2 amide bonds. The third-order valence-corrected chi connectivity index (χ3v) is 6.03. The van der Waals surface area contributed by atoms with Crippen LogP contribution in [0.5, 0.6) is 0 Å². The zero-order valence-electron chi connectivity index (χ0n) is 15.5. The minimum Gasteiger partial charge on any atom is -0.366 e. The van der Waals surface area contributed by atoms with Crippen molar-refractivity contribution in [3.8, 4) is 0 Å². The van der Waals surface area contributed by atoms with Gasteiger partial charge in [0.1, 0.15) is 5.82 Å². The zero-order chi connectivity index (χ0) is 18.7. The van der Waals surface area contributed by atoms with E-state index in [0.29, 0.717) is 38.4 Å². The van der Waals surface area contributed by atoms with Gasteiger partial charge in [-0.2, -0.15) is 0 Å². The normalized spacial score (nSPS) is 18.7. The quantitative estimate of drug-likeness (QED) is 0.893. The Morgan fingerprint density at radius 1 is 0.963 bits per heavy atom. The van der Waals surface area contributed by atoms with E-state index in [1.54, 1.807) is 12.1 Å². The number of nitrogens with one attached hydrogen (secondary N) is 1. The van der Waals surface area contributed by atoms with Gasteiger partial charge in [-0.15, -0.1) is 0 Å². The van der Waals surface area contributed by atoms with Gasteiger partial charge in [0.25, 0.3) is 0 Å². The molecule has 5 heteroatoms. The molecule has 0 bridgehead atoms. The number of hydrogen-bond donors (Lipinski definition) is 1. The van der Waals surface area contributed by atoms with Crippen molar-refractivity contribution in [3.05, 3.63) is 66.0 Å². The maximum absolute atomic E-state index is 14.0. The van der Waals surface area contributed by atoms with E-state index in [9.17, 15) is 9.18 Å². The van der Waals surface area contributed by atoms with Crippen LogP contribution in [0.3, 0.4) is 0 Å². The smallest absolute Gasteiger partial charge is 0.317 e. The summed E-state index contributed by atoms with van der Waals surface area (Å²) in [6.07, 6.45) is 3.46. The zero-order valence-corrected chi connectivity index (χ0v) is 15.5. The van der Waals surface area contributed by atoms with Gasteiger partial charge in [-0.25, -0.2) is 9.18 Å². The van der Waals surface area contributed by atoms with Crippen LogP contribution < -0.4 is 10.2 Å². The molecule has 4 rings (SSSR count). The molecule has 0 aromatic heterocycles. The topological polar surface area (TPSA) is 35.6 Å². The van der Waals surface area contributed by atoms with E-state index >= 15 is 0 Å².